The Kier molecular flexibility index (Phi) is 13.4. The van der Waals surface area contributed by atoms with E-state index in [2.05, 4.69) is 20.8 Å². The number of hydrogen-bond donors (Lipinski definition) is 0. The number of esters is 2. The molecule has 1 unspecified atom stereocenters. The Morgan fingerprint density at radius 1 is 0.800 bits per heavy atom. The quantitative estimate of drug-likeness (QED) is 0.0896. The molecule has 1 aliphatic rings. The lowest BCUT2D eigenvalue weighted by molar-refractivity contribution is -0.246. The van der Waals surface area contributed by atoms with E-state index in [1.54, 1.807) is 32.8 Å². The Balaban J connectivity index is 3.56. The average molecular weight is 592 g/mol. The summed E-state index contributed by atoms with van der Waals surface area (Å²) in [6, 6.07) is 0. The summed E-state index contributed by atoms with van der Waals surface area (Å²) < 4.78 is 36.7. The maximum Gasteiger partial charge on any atom is 0.350 e. The minimum atomic E-state index is -3.64. The fourth-order valence-corrected chi connectivity index (χ4v) is 8.48. The summed E-state index contributed by atoms with van der Waals surface area (Å²) in [5.41, 5.74) is -2.52. The average Bonchev–Trinajstić information content (AvgIpc) is 3.13. The highest BCUT2D eigenvalue weighted by atomic mass is 31.2. The fraction of sp³-hybridized carbons (Fsp3) is 0.933. The lowest BCUT2D eigenvalue weighted by Gasteiger charge is -2.47. The number of hydrogen-bond acceptors (Lipinski definition) is 9. The van der Waals surface area contributed by atoms with Gasteiger partial charge in [-0.3, -0.25) is 19.0 Å². The molecule has 0 radical (unpaired) electrons. The van der Waals surface area contributed by atoms with Crippen molar-refractivity contribution >= 4 is 19.5 Å². The zero-order valence-corrected chi connectivity index (χ0v) is 28.4. The van der Waals surface area contributed by atoms with E-state index in [-0.39, 0.29) is 56.7 Å². The van der Waals surface area contributed by atoms with Gasteiger partial charge in [0.2, 0.25) is 0 Å². The van der Waals surface area contributed by atoms with Gasteiger partial charge >= 0.3 is 19.5 Å². The summed E-state index contributed by atoms with van der Waals surface area (Å²) in [5.74, 6) is -1.91. The Morgan fingerprint density at radius 3 is 1.60 bits per heavy atom. The first-order chi connectivity index (χ1) is 18.2. The van der Waals surface area contributed by atoms with Gasteiger partial charge in [0.15, 0.2) is 5.41 Å². The van der Waals surface area contributed by atoms with Crippen LogP contribution < -0.4 is 0 Å². The van der Waals surface area contributed by atoms with Gasteiger partial charge in [0, 0.05) is 5.54 Å². The summed E-state index contributed by atoms with van der Waals surface area (Å²) in [4.78, 5) is 33.2. The third kappa shape index (κ3) is 9.52. The van der Waals surface area contributed by atoms with Crippen molar-refractivity contribution in [1.29, 1.82) is 0 Å². The molecule has 1 aliphatic carbocycles. The van der Waals surface area contributed by atoms with Crippen molar-refractivity contribution in [3.05, 3.63) is 0 Å². The number of rotatable bonds is 14. The summed E-state index contributed by atoms with van der Waals surface area (Å²) in [5, 5.41) is 1.77. The second kappa shape index (κ2) is 14.5. The number of carbonyl (C=O) groups is 2. The monoisotopic (exact) mass is 591 g/mol. The lowest BCUT2D eigenvalue weighted by Crippen LogP contribution is -2.54. The van der Waals surface area contributed by atoms with Gasteiger partial charge in [-0.15, -0.1) is 0 Å². The van der Waals surface area contributed by atoms with Crippen LogP contribution in [0.5, 0.6) is 0 Å². The topological polar surface area (TPSA) is 101 Å². The van der Waals surface area contributed by atoms with Crippen molar-refractivity contribution in [3.8, 4) is 0 Å². The zero-order chi connectivity index (χ0) is 31.2. The van der Waals surface area contributed by atoms with Crippen LogP contribution in [0.25, 0.3) is 0 Å². The predicted molar refractivity (Wildman–Crippen MR) is 158 cm³/mol. The van der Waals surface area contributed by atoms with Crippen molar-refractivity contribution in [3.63, 3.8) is 0 Å². The van der Waals surface area contributed by atoms with Crippen molar-refractivity contribution in [2.24, 2.45) is 28.1 Å². The van der Waals surface area contributed by atoms with Gasteiger partial charge in [0.1, 0.15) is 5.78 Å². The number of hydroxylamine groups is 2. The van der Waals surface area contributed by atoms with Crippen LogP contribution >= 0.6 is 7.60 Å². The normalized spacial score (nSPS) is 20.9. The summed E-state index contributed by atoms with van der Waals surface area (Å²) in [6.45, 7) is 26.6. The molecular formula is C30H58NO8P. The van der Waals surface area contributed by atoms with Crippen LogP contribution in [-0.2, 0) is 37.5 Å². The molecule has 0 spiro atoms. The van der Waals surface area contributed by atoms with E-state index in [4.69, 9.17) is 23.4 Å². The van der Waals surface area contributed by atoms with Gasteiger partial charge in [-0.2, -0.15) is 5.06 Å². The van der Waals surface area contributed by atoms with E-state index in [0.29, 0.717) is 6.42 Å². The minimum absolute atomic E-state index is 0.00862. The second-order valence-electron chi connectivity index (χ2n) is 14.1. The molecule has 0 aliphatic heterocycles. The molecule has 0 amide bonds. The summed E-state index contributed by atoms with van der Waals surface area (Å²) in [7, 11) is -3.64. The molecule has 0 bridgehead atoms. The summed E-state index contributed by atoms with van der Waals surface area (Å²) in [6.07, 6.45) is 1.39. The highest BCUT2D eigenvalue weighted by molar-refractivity contribution is 7.54. The third-order valence-electron chi connectivity index (χ3n) is 7.10. The molecule has 0 aromatic rings. The largest absolute Gasteiger partial charge is 0.465 e. The van der Waals surface area contributed by atoms with Crippen molar-refractivity contribution < 1.29 is 37.5 Å². The van der Waals surface area contributed by atoms with Crippen LogP contribution in [0, 0.1) is 28.1 Å². The van der Waals surface area contributed by atoms with E-state index < -0.39 is 41.7 Å². The van der Waals surface area contributed by atoms with Crippen LogP contribution in [0.15, 0.2) is 0 Å². The van der Waals surface area contributed by atoms with Gasteiger partial charge in [-0.05, 0) is 90.4 Å². The Morgan fingerprint density at radius 2 is 1.25 bits per heavy atom. The number of ether oxygens (including phenoxy) is 2. The SMILES string of the molecule is CCOC(=O)C1(C(=O)OCC)C[C@@H](CC(C)(C)C)[C@@H](CON(C(C(C)(C)C)P(=O)(OCC)OCC)C(C)(C)C)C1. The van der Waals surface area contributed by atoms with Crippen LogP contribution in [0.1, 0.15) is 109 Å². The molecule has 0 heterocycles. The number of nitrogens with zero attached hydrogens (tertiary/aromatic N) is 1. The highest BCUT2D eigenvalue weighted by Crippen LogP contribution is 2.61. The van der Waals surface area contributed by atoms with Crippen molar-refractivity contribution in [2.45, 2.75) is 121 Å². The van der Waals surface area contributed by atoms with Crippen LogP contribution in [0.2, 0.25) is 0 Å². The van der Waals surface area contributed by atoms with E-state index in [1.807, 2.05) is 41.5 Å². The van der Waals surface area contributed by atoms with Gasteiger partial charge < -0.3 is 18.5 Å². The van der Waals surface area contributed by atoms with E-state index in [1.165, 1.54) is 0 Å². The molecule has 1 fully saturated rings. The highest BCUT2D eigenvalue weighted by Gasteiger charge is 2.58. The molecule has 1 rings (SSSR count). The molecular weight excluding hydrogens is 533 g/mol. The van der Waals surface area contributed by atoms with E-state index >= 15 is 0 Å². The second-order valence-corrected chi connectivity index (χ2v) is 16.2. The third-order valence-corrected chi connectivity index (χ3v) is 9.92. The van der Waals surface area contributed by atoms with Crippen LogP contribution in [0.4, 0.5) is 0 Å². The van der Waals surface area contributed by atoms with Crippen molar-refractivity contribution in [2.75, 3.05) is 33.0 Å². The first-order valence-corrected chi connectivity index (χ1v) is 16.5. The van der Waals surface area contributed by atoms with E-state index in [0.717, 1.165) is 6.42 Å². The van der Waals surface area contributed by atoms with Crippen LogP contribution in [-0.4, -0.2) is 61.4 Å². The smallest absolute Gasteiger partial charge is 0.350 e. The van der Waals surface area contributed by atoms with Gasteiger partial charge in [-0.25, -0.2) is 0 Å². The van der Waals surface area contributed by atoms with Crippen LogP contribution in [0.3, 0.4) is 0 Å². The zero-order valence-electron chi connectivity index (χ0n) is 27.5. The Labute approximate surface area is 243 Å². The maximum atomic E-state index is 14.2. The lowest BCUT2D eigenvalue weighted by atomic mass is 9.79. The molecule has 3 atom stereocenters. The fourth-order valence-electron chi connectivity index (χ4n) is 5.79. The maximum absolute atomic E-state index is 14.2. The Bertz CT molecular complexity index is 842. The molecule has 0 N–H and O–H groups in total. The first kappa shape index (κ1) is 37.0. The van der Waals surface area contributed by atoms with E-state index in [9.17, 15) is 14.2 Å². The predicted octanol–water partition coefficient (Wildman–Crippen LogP) is 7.23. The Hall–Kier alpha value is -0.990. The van der Waals surface area contributed by atoms with Gasteiger partial charge in [0.05, 0.1) is 33.0 Å². The number of carbonyl (C=O) groups excluding carboxylic acids is 2. The van der Waals surface area contributed by atoms with Crippen molar-refractivity contribution in [1.82, 2.24) is 5.06 Å². The van der Waals surface area contributed by atoms with Gasteiger partial charge in [-0.1, -0.05) is 41.5 Å². The molecule has 40 heavy (non-hydrogen) atoms. The summed E-state index contributed by atoms with van der Waals surface area (Å²) >= 11 is 0. The molecule has 10 heteroatoms. The molecule has 236 valence electrons. The van der Waals surface area contributed by atoms with Gasteiger partial charge in [0.25, 0.3) is 0 Å². The molecule has 0 saturated heterocycles. The molecule has 0 aromatic heterocycles. The standard InChI is InChI=1S/C30H58NO8P/c1-14-35-25(32)30(26(33)36-15-2)19-22(18-27(5,6)7)23(20-30)21-37-31(29(11,12)13)24(28(8,9)10)40(34,38-16-3)39-17-4/h22-24H,14-21H2,1-13H3/t22-,23-,24?/m1/s1. The molecule has 0 aromatic carbocycles. The molecule has 1 saturated carbocycles. The minimum Gasteiger partial charge on any atom is -0.465 e. The molecule has 9 nitrogen and oxygen atoms in total. The first-order valence-electron chi connectivity index (χ1n) is 14.9.